The van der Waals surface area contributed by atoms with Crippen LogP contribution in [0.25, 0.3) is 6.08 Å². The summed E-state index contributed by atoms with van der Waals surface area (Å²) < 4.78 is 5.70. The number of hydrogen-bond donors (Lipinski definition) is 2. The number of aryl methyl sites for hydroxylation is 1. The average molecular weight is 569 g/mol. The monoisotopic (exact) mass is 568 g/mol. The van der Waals surface area contributed by atoms with Crippen molar-refractivity contribution in [2.75, 3.05) is 11.9 Å². The third kappa shape index (κ3) is 6.54. The van der Waals surface area contributed by atoms with Crippen molar-refractivity contribution in [2.24, 2.45) is 0 Å². The molecule has 4 amide bonds. The Bertz CT molecular complexity index is 1470. The maximum Gasteiger partial charge on any atom is 0.329 e. The number of amides is 4. The van der Waals surface area contributed by atoms with Gasteiger partial charge < -0.3 is 15.4 Å². The van der Waals surface area contributed by atoms with Gasteiger partial charge in [-0.25, -0.2) is 9.69 Å². The van der Waals surface area contributed by atoms with E-state index in [0.29, 0.717) is 23.2 Å². The molecular formula is C27H22Cl2N4O6. The molecule has 1 heterocycles. The van der Waals surface area contributed by atoms with E-state index in [2.05, 4.69) is 10.6 Å². The van der Waals surface area contributed by atoms with Gasteiger partial charge in [0.05, 0.1) is 15.0 Å². The lowest BCUT2D eigenvalue weighted by molar-refractivity contribution is -0.384. The minimum Gasteiger partial charge on any atom is -0.486 e. The molecule has 39 heavy (non-hydrogen) atoms. The highest BCUT2D eigenvalue weighted by Gasteiger charge is 2.35. The summed E-state index contributed by atoms with van der Waals surface area (Å²) in [6, 6.07) is 15.4. The Kier molecular flexibility index (Phi) is 8.48. The number of anilines is 1. The number of para-hydroxylation sites is 1. The second-order valence-corrected chi connectivity index (χ2v) is 9.28. The average Bonchev–Trinajstić information content (AvgIpc) is 3.15. The van der Waals surface area contributed by atoms with E-state index < -0.39 is 29.3 Å². The van der Waals surface area contributed by atoms with Crippen molar-refractivity contribution in [1.82, 2.24) is 10.2 Å². The summed E-state index contributed by atoms with van der Waals surface area (Å²) in [6.45, 7) is 1.55. The Labute approximate surface area is 233 Å². The fraction of sp³-hybridized carbons (Fsp3) is 0.148. The van der Waals surface area contributed by atoms with Gasteiger partial charge in [0.25, 0.3) is 11.6 Å². The van der Waals surface area contributed by atoms with Crippen molar-refractivity contribution in [3.05, 3.63) is 103 Å². The van der Waals surface area contributed by atoms with Crippen LogP contribution in [-0.4, -0.2) is 34.2 Å². The number of rotatable bonds is 9. The minimum absolute atomic E-state index is 0.0400. The zero-order valence-electron chi connectivity index (χ0n) is 20.6. The summed E-state index contributed by atoms with van der Waals surface area (Å²) in [5, 5.41) is 16.3. The number of halogens is 2. The van der Waals surface area contributed by atoms with Gasteiger partial charge in [-0.15, -0.1) is 0 Å². The van der Waals surface area contributed by atoms with Crippen molar-refractivity contribution < 1.29 is 24.0 Å². The number of ether oxygens (including phenoxy) is 1. The van der Waals surface area contributed by atoms with Crippen LogP contribution in [0.2, 0.25) is 10.0 Å². The van der Waals surface area contributed by atoms with Crippen LogP contribution in [0.15, 0.2) is 66.4 Å². The molecule has 1 fully saturated rings. The largest absolute Gasteiger partial charge is 0.486 e. The van der Waals surface area contributed by atoms with Gasteiger partial charge >= 0.3 is 6.03 Å². The van der Waals surface area contributed by atoms with E-state index in [-0.39, 0.29) is 33.8 Å². The van der Waals surface area contributed by atoms with Crippen LogP contribution in [0.3, 0.4) is 0 Å². The highest BCUT2D eigenvalue weighted by molar-refractivity contribution is 6.37. The summed E-state index contributed by atoms with van der Waals surface area (Å²) in [5.41, 5.74) is 2.54. The topological polar surface area (TPSA) is 131 Å². The van der Waals surface area contributed by atoms with Crippen molar-refractivity contribution in [3.8, 4) is 5.75 Å². The molecule has 3 aromatic rings. The zero-order valence-corrected chi connectivity index (χ0v) is 22.1. The summed E-state index contributed by atoms with van der Waals surface area (Å²) in [4.78, 5) is 48.9. The number of carbonyl (C=O) groups is 3. The molecule has 0 spiro atoms. The summed E-state index contributed by atoms with van der Waals surface area (Å²) in [5.74, 6) is -1.00. The standard InChI is InChI=1S/C27H22Cl2N4O6/c1-2-18-5-3-4-6-22(18)30-24(34)14-32-26(35)23(31-27(32)36)13-17-11-20(28)25(21(29)12-17)39-15-16-7-9-19(10-8-16)33(37)38/h3-13H,2,14-15H2,1H3,(H,30,34)(H,31,36)/b23-13+. The molecule has 4 rings (SSSR count). The van der Waals surface area contributed by atoms with E-state index in [4.69, 9.17) is 27.9 Å². The first-order valence-corrected chi connectivity index (χ1v) is 12.5. The second-order valence-electron chi connectivity index (χ2n) is 8.46. The molecule has 0 bridgehead atoms. The molecule has 0 radical (unpaired) electrons. The summed E-state index contributed by atoms with van der Waals surface area (Å²) >= 11 is 12.7. The molecule has 200 valence electrons. The highest BCUT2D eigenvalue weighted by atomic mass is 35.5. The molecule has 12 heteroatoms. The molecule has 0 aliphatic carbocycles. The van der Waals surface area contributed by atoms with Crippen LogP contribution in [0.1, 0.15) is 23.6 Å². The quantitative estimate of drug-likeness (QED) is 0.150. The van der Waals surface area contributed by atoms with Crippen molar-refractivity contribution >= 4 is 58.5 Å². The van der Waals surface area contributed by atoms with E-state index in [9.17, 15) is 24.5 Å². The summed E-state index contributed by atoms with van der Waals surface area (Å²) in [6.07, 6.45) is 2.10. The van der Waals surface area contributed by atoms with Crippen LogP contribution in [-0.2, 0) is 22.6 Å². The third-order valence-corrected chi connectivity index (χ3v) is 6.36. The number of hydrogen-bond acceptors (Lipinski definition) is 6. The number of carbonyl (C=O) groups excluding carboxylic acids is 3. The third-order valence-electron chi connectivity index (χ3n) is 5.80. The Morgan fingerprint density at radius 1 is 1.10 bits per heavy atom. The Morgan fingerprint density at radius 2 is 1.77 bits per heavy atom. The van der Waals surface area contributed by atoms with Crippen LogP contribution < -0.4 is 15.4 Å². The Morgan fingerprint density at radius 3 is 2.41 bits per heavy atom. The summed E-state index contributed by atoms with van der Waals surface area (Å²) in [7, 11) is 0. The van der Waals surface area contributed by atoms with E-state index in [1.165, 1.54) is 30.3 Å². The molecule has 0 saturated carbocycles. The lowest BCUT2D eigenvalue weighted by Crippen LogP contribution is -2.38. The number of urea groups is 1. The molecule has 2 N–H and O–H groups in total. The molecule has 0 unspecified atom stereocenters. The van der Waals surface area contributed by atoms with Crippen LogP contribution >= 0.6 is 23.2 Å². The first-order chi connectivity index (χ1) is 18.7. The predicted molar refractivity (Wildman–Crippen MR) is 147 cm³/mol. The number of benzene rings is 3. The molecule has 0 atom stereocenters. The van der Waals surface area contributed by atoms with E-state index in [1.54, 1.807) is 24.3 Å². The van der Waals surface area contributed by atoms with Crippen LogP contribution in [0.5, 0.6) is 5.75 Å². The van der Waals surface area contributed by atoms with Gasteiger partial charge in [0.2, 0.25) is 5.91 Å². The molecule has 3 aromatic carbocycles. The fourth-order valence-electron chi connectivity index (χ4n) is 3.84. The molecular weight excluding hydrogens is 547 g/mol. The van der Waals surface area contributed by atoms with Gasteiger partial charge in [0.15, 0.2) is 5.75 Å². The maximum atomic E-state index is 12.9. The molecule has 1 saturated heterocycles. The second kappa shape index (κ2) is 12.0. The highest BCUT2D eigenvalue weighted by Crippen LogP contribution is 2.35. The van der Waals surface area contributed by atoms with Crippen molar-refractivity contribution in [1.29, 1.82) is 0 Å². The first-order valence-electron chi connectivity index (χ1n) is 11.7. The Balaban J connectivity index is 1.43. The maximum absolute atomic E-state index is 12.9. The van der Waals surface area contributed by atoms with Gasteiger partial charge in [0.1, 0.15) is 18.8 Å². The van der Waals surface area contributed by atoms with E-state index in [1.807, 2.05) is 19.1 Å². The van der Waals surface area contributed by atoms with Gasteiger partial charge in [-0.2, -0.15) is 0 Å². The molecule has 10 nitrogen and oxygen atoms in total. The molecule has 0 aromatic heterocycles. The smallest absolute Gasteiger partial charge is 0.329 e. The number of non-ortho nitro benzene ring substituents is 1. The van der Waals surface area contributed by atoms with Gasteiger partial charge in [-0.05, 0) is 59.5 Å². The fourth-order valence-corrected chi connectivity index (χ4v) is 4.45. The molecule has 1 aliphatic rings. The zero-order chi connectivity index (χ0) is 28.1. The lowest BCUT2D eigenvalue weighted by atomic mass is 10.1. The lowest BCUT2D eigenvalue weighted by Gasteiger charge is -2.13. The van der Waals surface area contributed by atoms with Crippen LogP contribution in [0, 0.1) is 10.1 Å². The van der Waals surface area contributed by atoms with Crippen LogP contribution in [0.4, 0.5) is 16.2 Å². The van der Waals surface area contributed by atoms with E-state index >= 15 is 0 Å². The van der Waals surface area contributed by atoms with Gasteiger partial charge in [-0.3, -0.25) is 19.7 Å². The number of nitro benzene ring substituents is 1. The predicted octanol–water partition coefficient (Wildman–Crippen LogP) is 5.57. The van der Waals surface area contributed by atoms with Gasteiger partial charge in [0, 0.05) is 17.8 Å². The number of imide groups is 1. The van der Waals surface area contributed by atoms with Gasteiger partial charge in [-0.1, -0.05) is 48.3 Å². The molecule has 1 aliphatic heterocycles. The normalized spacial score (nSPS) is 13.9. The number of nitro groups is 1. The Hall–Kier alpha value is -4.41. The minimum atomic E-state index is -0.731. The SMILES string of the molecule is CCc1ccccc1NC(=O)CN1C(=O)N/C(=C/c2cc(Cl)c(OCc3ccc([N+](=O)[O-])cc3)c(Cl)c2)C1=O. The number of nitrogens with one attached hydrogen (secondary N) is 2. The van der Waals surface area contributed by atoms with E-state index in [0.717, 1.165) is 10.5 Å². The van der Waals surface area contributed by atoms with Crippen molar-refractivity contribution in [2.45, 2.75) is 20.0 Å². The number of nitrogens with zero attached hydrogens (tertiary/aromatic N) is 2. The van der Waals surface area contributed by atoms with Crippen molar-refractivity contribution in [3.63, 3.8) is 0 Å². The first kappa shape index (κ1) is 27.6.